The van der Waals surface area contributed by atoms with Crippen LogP contribution in [0.2, 0.25) is 0 Å². The molecule has 0 spiro atoms. The smallest absolute Gasteiger partial charge is 0.325 e. The Morgan fingerprint density at radius 3 is 2.95 bits per heavy atom. The van der Waals surface area contributed by atoms with Crippen LogP contribution in [0.25, 0.3) is 0 Å². The van der Waals surface area contributed by atoms with E-state index in [2.05, 4.69) is 6.92 Å². The molecule has 0 aliphatic heterocycles. The maximum absolute atomic E-state index is 12.4. The first kappa shape index (κ1) is 15.0. The monoisotopic (exact) mass is 295 g/mol. The lowest BCUT2D eigenvalue weighted by Crippen LogP contribution is -2.33. The van der Waals surface area contributed by atoms with Gasteiger partial charge in [-0.2, -0.15) is 0 Å². The van der Waals surface area contributed by atoms with Gasteiger partial charge in [0.1, 0.15) is 6.54 Å². The minimum absolute atomic E-state index is 0.00764. The van der Waals surface area contributed by atoms with Gasteiger partial charge in [0.2, 0.25) is 0 Å². The van der Waals surface area contributed by atoms with Crippen LogP contribution in [0.5, 0.6) is 0 Å². The fraction of sp³-hybridized carbons (Fsp3) is 0.600. The Kier molecular flexibility index (Phi) is 4.81. The Hall–Kier alpha value is -1.36. The molecular weight excluding hydrogens is 274 g/mol. The predicted octanol–water partition coefficient (Wildman–Crippen LogP) is 2.51. The van der Waals surface area contributed by atoms with Crippen molar-refractivity contribution in [3.63, 3.8) is 0 Å². The van der Waals surface area contributed by atoms with Crippen LogP contribution in [0, 0.1) is 5.92 Å². The molecule has 0 radical (unpaired) electrons. The fourth-order valence-corrected chi connectivity index (χ4v) is 3.77. The van der Waals surface area contributed by atoms with Crippen molar-refractivity contribution in [3.8, 4) is 0 Å². The molecule has 0 saturated carbocycles. The molecule has 1 aliphatic rings. The number of thiophene rings is 1. The number of nitrogens with zero attached hydrogens (tertiary/aromatic N) is 1. The third-order valence-corrected chi connectivity index (χ3v) is 4.70. The lowest BCUT2D eigenvalue weighted by atomic mass is 9.88. The zero-order valence-electron chi connectivity index (χ0n) is 12.3. The van der Waals surface area contributed by atoms with Crippen molar-refractivity contribution in [2.45, 2.75) is 33.1 Å². The Morgan fingerprint density at radius 2 is 2.25 bits per heavy atom. The van der Waals surface area contributed by atoms with Crippen molar-refractivity contribution >= 4 is 23.2 Å². The summed E-state index contributed by atoms with van der Waals surface area (Å²) in [5, 5.41) is 1.94. The molecule has 5 heteroatoms. The second-order valence-corrected chi connectivity index (χ2v) is 6.33. The fourth-order valence-electron chi connectivity index (χ4n) is 2.53. The van der Waals surface area contributed by atoms with Gasteiger partial charge in [0.25, 0.3) is 5.91 Å². The van der Waals surface area contributed by atoms with E-state index in [1.807, 2.05) is 5.38 Å². The lowest BCUT2D eigenvalue weighted by Gasteiger charge is -2.21. The van der Waals surface area contributed by atoms with Crippen molar-refractivity contribution < 1.29 is 14.3 Å². The average molecular weight is 295 g/mol. The molecule has 1 amide bonds. The van der Waals surface area contributed by atoms with Gasteiger partial charge in [-0.15, -0.1) is 11.3 Å². The van der Waals surface area contributed by atoms with Crippen molar-refractivity contribution in [2.75, 3.05) is 20.2 Å². The van der Waals surface area contributed by atoms with E-state index in [1.54, 1.807) is 25.3 Å². The maximum Gasteiger partial charge on any atom is 0.325 e. The molecule has 0 fully saturated rings. The highest BCUT2D eigenvalue weighted by Crippen LogP contribution is 2.33. The molecule has 0 N–H and O–H groups in total. The van der Waals surface area contributed by atoms with E-state index in [4.69, 9.17) is 4.74 Å². The first-order valence-electron chi connectivity index (χ1n) is 7.03. The van der Waals surface area contributed by atoms with Gasteiger partial charge in [-0.3, -0.25) is 9.59 Å². The molecule has 2 rings (SSSR count). The Labute approximate surface area is 123 Å². The van der Waals surface area contributed by atoms with Crippen LogP contribution in [0.1, 0.15) is 41.1 Å². The Balaban J connectivity index is 2.08. The molecule has 4 nitrogen and oxygen atoms in total. The number of esters is 1. The SMILES string of the molecule is CCOC(=O)CN(C)C(=O)c1csc2c1CCC(C)C2. The van der Waals surface area contributed by atoms with Crippen LogP contribution in [-0.2, 0) is 22.4 Å². The maximum atomic E-state index is 12.4. The quantitative estimate of drug-likeness (QED) is 0.802. The van der Waals surface area contributed by atoms with Crippen LogP contribution in [0.3, 0.4) is 0 Å². The van der Waals surface area contributed by atoms with Gasteiger partial charge in [0.05, 0.1) is 12.2 Å². The summed E-state index contributed by atoms with van der Waals surface area (Å²) in [5.74, 6) is 0.257. The van der Waals surface area contributed by atoms with Crippen molar-refractivity contribution in [1.82, 2.24) is 4.90 Å². The minimum atomic E-state index is -0.360. The van der Waals surface area contributed by atoms with E-state index < -0.39 is 0 Å². The van der Waals surface area contributed by atoms with E-state index in [-0.39, 0.29) is 18.4 Å². The van der Waals surface area contributed by atoms with Gasteiger partial charge in [-0.1, -0.05) is 6.92 Å². The number of ether oxygens (including phenoxy) is 1. The number of hydrogen-bond donors (Lipinski definition) is 0. The topological polar surface area (TPSA) is 46.6 Å². The van der Waals surface area contributed by atoms with Crippen LogP contribution >= 0.6 is 11.3 Å². The van der Waals surface area contributed by atoms with E-state index in [0.29, 0.717) is 12.5 Å². The van der Waals surface area contributed by atoms with Gasteiger partial charge < -0.3 is 9.64 Å². The van der Waals surface area contributed by atoms with Crippen LogP contribution in [-0.4, -0.2) is 37.0 Å². The molecule has 1 aliphatic carbocycles. The number of carbonyl (C=O) groups excluding carboxylic acids is 2. The van der Waals surface area contributed by atoms with Crippen molar-refractivity contribution in [2.24, 2.45) is 5.92 Å². The third-order valence-electron chi connectivity index (χ3n) is 3.65. The van der Waals surface area contributed by atoms with E-state index in [9.17, 15) is 9.59 Å². The molecule has 1 aromatic rings. The normalized spacial score (nSPS) is 17.4. The summed E-state index contributed by atoms with van der Waals surface area (Å²) in [6.07, 6.45) is 3.16. The lowest BCUT2D eigenvalue weighted by molar-refractivity contribution is -0.143. The summed E-state index contributed by atoms with van der Waals surface area (Å²) in [5.41, 5.74) is 1.96. The van der Waals surface area contributed by atoms with E-state index >= 15 is 0 Å². The van der Waals surface area contributed by atoms with E-state index in [1.165, 1.54) is 15.3 Å². The molecule has 1 heterocycles. The number of carbonyl (C=O) groups is 2. The van der Waals surface area contributed by atoms with Gasteiger partial charge in [-0.05, 0) is 37.7 Å². The Bertz CT molecular complexity index is 509. The molecule has 110 valence electrons. The van der Waals surface area contributed by atoms with Crippen LogP contribution in [0.15, 0.2) is 5.38 Å². The average Bonchev–Trinajstić information content (AvgIpc) is 2.80. The second-order valence-electron chi connectivity index (χ2n) is 5.37. The number of rotatable bonds is 4. The number of fused-ring (bicyclic) bond motifs is 1. The largest absolute Gasteiger partial charge is 0.465 e. The van der Waals surface area contributed by atoms with Gasteiger partial charge >= 0.3 is 5.97 Å². The number of likely N-dealkylation sites (N-methyl/N-ethyl adjacent to an activating group) is 1. The molecule has 1 unspecified atom stereocenters. The Morgan fingerprint density at radius 1 is 1.50 bits per heavy atom. The first-order valence-corrected chi connectivity index (χ1v) is 7.91. The zero-order valence-corrected chi connectivity index (χ0v) is 13.1. The standard InChI is InChI=1S/C15H21NO3S/c1-4-19-14(17)8-16(3)15(18)12-9-20-13-7-10(2)5-6-11(12)13/h9-10H,4-8H2,1-3H3. The van der Waals surface area contributed by atoms with Crippen LogP contribution in [0.4, 0.5) is 0 Å². The summed E-state index contributed by atoms with van der Waals surface area (Å²) in [4.78, 5) is 26.6. The minimum Gasteiger partial charge on any atom is -0.465 e. The third kappa shape index (κ3) is 3.20. The summed E-state index contributed by atoms with van der Waals surface area (Å²) in [6.45, 7) is 4.35. The number of amides is 1. The highest BCUT2D eigenvalue weighted by Gasteiger charge is 2.25. The highest BCUT2D eigenvalue weighted by molar-refractivity contribution is 7.10. The van der Waals surface area contributed by atoms with Crippen LogP contribution < -0.4 is 0 Å². The predicted molar refractivity (Wildman–Crippen MR) is 79.1 cm³/mol. The summed E-state index contributed by atoms with van der Waals surface area (Å²) >= 11 is 1.67. The highest BCUT2D eigenvalue weighted by atomic mass is 32.1. The summed E-state index contributed by atoms with van der Waals surface area (Å²) in [7, 11) is 1.65. The van der Waals surface area contributed by atoms with Gasteiger partial charge in [-0.25, -0.2) is 0 Å². The molecule has 20 heavy (non-hydrogen) atoms. The molecule has 0 saturated heterocycles. The number of hydrogen-bond acceptors (Lipinski definition) is 4. The van der Waals surface area contributed by atoms with Crippen molar-refractivity contribution in [3.05, 3.63) is 21.4 Å². The molecule has 0 aromatic carbocycles. The summed E-state index contributed by atoms with van der Waals surface area (Å²) < 4.78 is 4.88. The molecular formula is C15H21NO3S. The second kappa shape index (κ2) is 6.39. The molecule has 1 atom stereocenters. The van der Waals surface area contributed by atoms with E-state index in [0.717, 1.165) is 24.8 Å². The molecule has 0 bridgehead atoms. The zero-order chi connectivity index (χ0) is 14.7. The summed E-state index contributed by atoms with van der Waals surface area (Å²) in [6, 6.07) is 0. The van der Waals surface area contributed by atoms with Crippen molar-refractivity contribution in [1.29, 1.82) is 0 Å². The molecule has 1 aromatic heterocycles. The first-order chi connectivity index (χ1) is 9.52. The van der Waals surface area contributed by atoms with Gasteiger partial charge in [0, 0.05) is 17.3 Å². The van der Waals surface area contributed by atoms with Gasteiger partial charge in [0.15, 0.2) is 0 Å².